The Hall–Kier alpha value is -3.22. The fourth-order valence-electron chi connectivity index (χ4n) is 4.02. The molecule has 27 heavy (non-hydrogen) atoms. The fraction of sp³-hybridized carbons (Fsp3) is 0.300. The fourth-order valence-corrected chi connectivity index (χ4v) is 4.02. The molecule has 2 fully saturated rings. The average molecular weight is 360 g/mol. The highest BCUT2D eigenvalue weighted by Crippen LogP contribution is 2.47. The first-order valence-electron chi connectivity index (χ1n) is 9.14. The number of para-hydroxylation sites is 1. The van der Waals surface area contributed by atoms with Gasteiger partial charge >= 0.3 is 0 Å². The number of aromatic nitrogens is 3. The van der Waals surface area contributed by atoms with Gasteiger partial charge in [-0.2, -0.15) is 0 Å². The van der Waals surface area contributed by atoms with Crippen LogP contribution in [0.1, 0.15) is 5.56 Å². The summed E-state index contributed by atoms with van der Waals surface area (Å²) in [6.45, 7) is 1.87. The number of nitrogens with zero attached hydrogens (tertiary/aromatic N) is 4. The lowest BCUT2D eigenvalue weighted by molar-refractivity contribution is -0.117. The van der Waals surface area contributed by atoms with Gasteiger partial charge in [0.2, 0.25) is 11.9 Å². The summed E-state index contributed by atoms with van der Waals surface area (Å²) in [5.74, 6) is 2.47. The van der Waals surface area contributed by atoms with Crippen molar-refractivity contribution in [3.05, 3.63) is 54.4 Å². The van der Waals surface area contributed by atoms with E-state index in [9.17, 15) is 4.79 Å². The maximum absolute atomic E-state index is 11.0. The van der Waals surface area contributed by atoms with Crippen LogP contribution in [0.3, 0.4) is 0 Å². The molecular formula is C20H20N6O. The van der Waals surface area contributed by atoms with Gasteiger partial charge in [-0.25, -0.2) is 15.0 Å². The molecule has 1 saturated carbocycles. The molecule has 2 unspecified atom stereocenters. The first-order chi connectivity index (χ1) is 13.2. The summed E-state index contributed by atoms with van der Waals surface area (Å²) >= 11 is 0. The molecule has 1 aliphatic carbocycles. The van der Waals surface area contributed by atoms with E-state index in [1.54, 1.807) is 12.4 Å². The number of carbonyl (C=O) groups excluding carboxylic acids is 1. The Kier molecular flexibility index (Phi) is 3.67. The smallest absolute Gasteiger partial charge is 0.225 e. The van der Waals surface area contributed by atoms with E-state index in [2.05, 4.69) is 38.4 Å². The van der Waals surface area contributed by atoms with Gasteiger partial charge in [-0.3, -0.25) is 4.79 Å². The third-order valence-electron chi connectivity index (χ3n) is 5.46. The SMILES string of the molecule is NC(=O)Cc1cnc(N2CC3C(C2)C3Nc2ccc3ccccc3n2)nc1. The van der Waals surface area contributed by atoms with Crippen LogP contribution in [-0.4, -0.2) is 40.0 Å². The van der Waals surface area contributed by atoms with Gasteiger partial charge in [0.1, 0.15) is 5.82 Å². The number of pyridine rings is 1. The van der Waals surface area contributed by atoms with Gasteiger partial charge in [-0.1, -0.05) is 18.2 Å². The van der Waals surface area contributed by atoms with Crippen molar-refractivity contribution >= 4 is 28.6 Å². The first kappa shape index (κ1) is 16.0. The van der Waals surface area contributed by atoms with Crippen molar-refractivity contribution in [2.24, 2.45) is 17.6 Å². The van der Waals surface area contributed by atoms with Crippen molar-refractivity contribution in [3.8, 4) is 0 Å². The summed E-state index contributed by atoms with van der Waals surface area (Å²) in [6, 6.07) is 12.8. The Labute approximate surface area is 156 Å². The highest BCUT2D eigenvalue weighted by Gasteiger charge is 2.56. The molecular weight excluding hydrogens is 340 g/mol. The van der Waals surface area contributed by atoms with E-state index in [4.69, 9.17) is 10.7 Å². The summed E-state index contributed by atoms with van der Waals surface area (Å²) in [5.41, 5.74) is 6.96. The lowest BCUT2D eigenvalue weighted by Crippen LogP contribution is -2.29. The van der Waals surface area contributed by atoms with Crippen LogP contribution in [0.2, 0.25) is 0 Å². The van der Waals surface area contributed by atoms with Crippen LogP contribution in [0, 0.1) is 11.8 Å². The van der Waals surface area contributed by atoms with Gasteiger partial charge in [0.05, 0.1) is 11.9 Å². The summed E-state index contributed by atoms with van der Waals surface area (Å²) in [6.07, 6.45) is 3.55. The van der Waals surface area contributed by atoms with E-state index in [0.29, 0.717) is 17.9 Å². The molecule has 0 bridgehead atoms. The van der Waals surface area contributed by atoms with Crippen LogP contribution < -0.4 is 16.0 Å². The number of nitrogens with one attached hydrogen (secondary N) is 1. The molecule has 136 valence electrons. The number of carbonyl (C=O) groups is 1. The minimum absolute atomic E-state index is 0.177. The minimum atomic E-state index is -0.370. The number of amides is 1. The van der Waals surface area contributed by atoms with Crippen molar-refractivity contribution in [1.29, 1.82) is 0 Å². The van der Waals surface area contributed by atoms with E-state index in [0.717, 1.165) is 41.3 Å². The van der Waals surface area contributed by atoms with Gasteiger partial charge in [-0.05, 0) is 23.8 Å². The number of fused-ring (bicyclic) bond motifs is 2. The number of primary amides is 1. The molecule has 3 heterocycles. The molecule has 1 aliphatic heterocycles. The van der Waals surface area contributed by atoms with Gasteiger partial charge in [0, 0.05) is 48.7 Å². The average Bonchev–Trinajstić information content (AvgIpc) is 3.11. The predicted molar refractivity (Wildman–Crippen MR) is 103 cm³/mol. The van der Waals surface area contributed by atoms with Crippen molar-refractivity contribution < 1.29 is 4.79 Å². The molecule has 1 saturated heterocycles. The number of rotatable bonds is 5. The quantitative estimate of drug-likeness (QED) is 0.717. The largest absolute Gasteiger partial charge is 0.369 e. The van der Waals surface area contributed by atoms with Crippen LogP contribution >= 0.6 is 0 Å². The molecule has 2 atom stereocenters. The normalized spacial score (nSPS) is 23.3. The Balaban J connectivity index is 1.21. The first-order valence-corrected chi connectivity index (χ1v) is 9.14. The zero-order valence-electron chi connectivity index (χ0n) is 14.7. The van der Waals surface area contributed by atoms with E-state index in [1.807, 2.05) is 18.2 Å². The number of hydrogen-bond donors (Lipinski definition) is 2. The molecule has 3 N–H and O–H groups in total. The third-order valence-corrected chi connectivity index (χ3v) is 5.46. The number of benzene rings is 1. The Morgan fingerprint density at radius 2 is 1.85 bits per heavy atom. The van der Waals surface area contributed by atoms with Gasteiger partial charge in [0.15, 0.2) is 0 Å². The van der Waals surface area contributed by atoms with Gasteiger partial charge in [0.25, 0.3) is 0 Å². The number of piperidine rings is 1. The molecule has 1 aromatic carbocycles. The van der Waals surface area contributed by atoms with E-state index >= 15 is 0 Å². The molecule has 0 radical (unpaired) electrons. The second-order valence-corrected chi connectivity index (χ2v) is 7.33. The van der Waals surface area contributed by atoms with E-state index < -0.39 is 0 Å². The van der Waals surface area contributed by atoms with Crippen molar-refractivity contribution in [1.82, 2.24) is 15.0 Å². The topological polar surface area (TPSA) is 97.0 Å². The lowest BCUT2D eigenvalue weighted by atomic mass is 10.2. The summed E-state index contributed by atoms with van der Waals surface area (Å²) < 4.78 is 0. The van der Waals surface area contributed by atoms with Crippen molar-refractivity contribution in [2.45, 2.75) is 12.5 Å². The second-order valence-electron chi connectivity index (χ2n) is 7.33. The summed E-state index contributed by atoms with van der Waals surface area (Å²) in [4.78, 5) is 26.6. The Morgan fingerprint density at radius 3 is 2.59 bits per heavy atom. The van der Waals surface area contributed by atoms with E-state index in [-0.39, 0.29) is 12.3 Å². The van der Waals surface area contributed by atoms with E-state index in [1.165, 1.54) is 0 Å². The minimum Gasteiger partial charge on any atom is -0.369 e. The monoisotopic (exact) mass is 360 g/mol. The molecule has 0 spiro atoms. The Bertz CT molecular complexity index is 993. The zero-order chi connectivity index (χ0) is 18.4. The molecule has 2 aromatic heterocycles. The van der Waals surface area contributed by atoms with Crippen LogP contribution in [0.5, 0.6) is 0 Å². The maximum Gasteiger partial charge on any atom is 0.225 e. The Morgan fingerprint density at radius 1 is 1.11 bits per heavy atom. The van der Waals surface area contributed by atoms with Gasteiger partial charge in [-0.15, -0.1) is 0 Å². The highest BCUT2D eigenvalue weighted by atomic mass is 16.1. The predicted octanol–water partition coefficient (Wildman–Crippen LogP) is 1.60. The van der Waals surface area contributed by atoms with Gasteiger partial charge < -0.3 is 16.0 Å². The number of nitrogens with two attached hydrogens (primary N) is 1. The van der Waals surface area contributed by atoms with Crippen LogP contribution in [0.15, 0.2) is 48.8 Å². The summed E-state index contributed by atoms with van der Waals surface area (Å²) in [5, 5.41) is 4.74. The number of hydrogen-bond acceptors (Lipinski definition) is 6. The van der Waals surface area contributed by atoms with Crippen LogP contribution in [-0.2, 0) is 11.2 Å². The molecule has 2 aliphatic rings. The summed E-state index contributed by atoms with van der Waals surface area (Å²) in [7, 11) is 0. The molecule has 1 amide bonds. The molecule has 3 aromatic rings. The van der Waals surface area contributed by atoms with Crippen LogP contribution in [0.25, 0.3) is 10.9 Å². The molecule has 7 nitrogen and oxygen atoms in total. The standard InChI is InChI=1S/C20H20N6O/c21-17(27)7-12-8-22-20(23-9-12)26-10-14-15(11-26)19(14)25-18-6-5-13-3-1-2-4-16(13)24-18/h1-6,8-9,14-15,19H,7,10-11H2,(H2,21,27)(H,24,25). The van der Waals surface area contributed by atoms with Crippen molar-refractivity contribution in [2.75, 3.05) is 23.3 Å². The zero-order valence-corrected chi connectivity index (χ0v) is 14.7. The van der Waals surface area contributed by atoms with Crippen molar-refractivity contribution in [3.63, 3.8) is 0 Å². The van der Waals surface area contributed by atoms with Crippen LogP contribution in [0.4, 0.5) is 11.8 Å². The maximum atomic E-state index is 11.0. The highest BCUT2D eigenvalue weighted by molar-refractivity contribution is 5.80. The third kappa shape index (κ3) is 3.05. The molecule has 5 rings (SSSR count). The second kappa shape index (κ2) is 6.19. The molecule has 7 heteroatoms. The number of anilines is 2. The lowest BCUT2D eigenvalue weighted by Gasteiger charge is -2.20.